The fourth-order valence-corrected chi connectivity index (χ4v) is 5.44. The van der Waals surface area contributed by atoms with Crippen molar-refractivity contribution >= 4 is 20.0 Å². The molecule has 0 heterocycles. The summed E-state index contributed by atoms with van der Waals surface area (Å²) in [4.78, 5) is 0. The van der Waals surface area contributed by atoms with Gasteiger partial charge in [0.25, 0.3) is 0 Å². The third-order valence-electron chi connectivity index (χ3n) is 3.02. The fourth-order valence-electron chi connectivity index (χ4n) is 1.72. The molecule has 0 amide bonds. The van der Waals surface area contributed by atoms with Gasteiger partial charge in [-0.1, -0.05) is 19.3 Å². The summed E-state index contributed by atoms with van der Waals surface area (Å²) in [7, 11) is -7.60. The van der Waals surface area contributed by atoms with Crippen molar-refractivity contribution in [3.8, 4) is 0 Å². The molecule has 1 N–H and O–H groups in total. The Hall–Kier alpha value is -0.140. The van der Waals surface area contributed by atoms with Crippen molar-refractivity contribution in [2.24, 2.45) is 0 Å². The highest BCUT2D eigenvalue weighted by Crippen LogP contribution is 2.24. The molecule has 0 atom stereocenters. The third-order valence-corrected chi connectivity index (χ3v) is 7.79. The Labute approximate surface area is 104 Å². The van der Waals surface area contributed by atoms with Gasteiger partial charge in [-0.15, -0.1) is 4.13 Å². The van der Waals surface area contributed by atoms with Gasteiger partial charge in [0, 0.05) is 0 Å². The van der Waals surface area contributed by atoms with Gasteiger partial charge in [-0.3, -0.25) is 0 Å². The number of nitrogens with one attached hydrogen (secondary N) is 1. The lowest BCUT2D eigenvalue weighted by atomic mass is 10.0. The van der Waals surface area contributed by atoms with E-state index in [9.17, 15) is 16.8 Å². The maximum atomic E-state index is 12.0. The Morgan fingerprint density at radius 3 is 1.82 bits per heavy atom. The molecule has 1 fully saturated rings. The summed E-state index contributed by atoms with van der Waals surface area (Å²) < 4.78 is 48.3. The average Bonchev–Trinajstić information content (AvgIpc) is 2.15. The highest BCUT2D eigenvalue weighted by atomic mass is 32.3. The minimum atomic E-state index is -3.84. The molecular weight excluding hydrogens is 262 g/mol. The van der Waals surface area contributed by atoms with E-state index in [1.54, 1.807) is 0 Å². The Morgan fingerprint density at radius 1 is 0.941 bits per heavy atom. The first-order chi connectivity index (χ1) is 7.56. The Morgan fingerprint density at radius 2 is 1.41 bits per heavy atom. The Kier molecular flexibility index (Phi) is 4.26. The van der Waals surface area contributed by atoms with Gasteiger partial charge in [0.2, 0.25) is 20.0 Å². The van der Waals surface area contributed by atoms with Crippen LogP contribution < -0.4 is 4.13 Å². The largest absolute Gasteiger partial charge is 0.229 e. The van der Waals surface area contributed by atoms with Crippen LogP contribution in [-0.4, -0.2) is 26.8 Å². The molecule has 0 aromatic rings. The molecule has 1 aliphatic rings. The van der Waals surface area contributed by atoms with E-state index >= 15 is 0 Å². The van der Waals surface area contributed by atoms with E-state index in [1.165, 1.54) is 20.8 Å². The number of rotatable bonds is 3. The van der Waals surface area contributed by atoms with Crippen LogP contribution in [0.2, 0.25) is 0 Å². The lowest BCUT2D eigenvalue weighted by Crippen LogP contribution is -2.46. The first kappa shape index (κ1) is 14.9. The van der Waals surface area contributed by atoms with Crippen LogP contribution in [0, 0.1) is 0 Å². The van der Waals surface area contributed by atoms with Gasteiger partial charge in [0.05, 0.1) is 10.00 Å². The topological polar surface area (TPSA) is 80.3 Å². The van der Waals surface area contributed by atoms with E-state index in [-0.39, 0.29) is 0 Å². The maximum absolute atomic E-state index is 12.0. The second-order valence-corrected chi connectivity index (χ2v) is 10.2. The minimum absolute atomic E-state index is 0.551. The summed E-state index contributed by atoms with van der Waals surface area (Å²) in [5.41, 5.74) is 0. The standard InChI is InChI=1S/C10H21NO4S2/c1-10(2,3)17(14,15)11-16(12,13)9-7-5-4-6-8-9/h9,11H,4-8H2,1-3H3. The van der Waals surface area contributed by atoms with E-state index < -0.39 is 30.0 Å². The zero-order valence-corrected chi connectivity index (χ0v) is 12.2. The van der Waals surface area contributed by atoms with Gasteiger partial charge in [0.1, 0.15) is 0 Å². The second-order valence-electron chi connectivity index (χ2n) is 5.50. The molecule has 0 aromatic heterocycles. The molecule has 5 nitrogen and oxygen atoms in total. The molecule has 1 saturated carbocycles. The lowest BCUT2D eigenvalue weighted by molar-refractivity contribution is 0.480. The van der Waals surface area contributed by atoms with Crippen LogP contribution in [0.3, 0.4) is 0 Å². The predicted molar refractivity (Wildman–Crippen MR) is 67.6 cm³/mol. The summed E-state index contributed by atoms with van der Waals surface area (Å²) >= 11 is 0. The monoisotopic (exact) mass is 283 g/mol. The molecule has 17 heavy (non-hydrogen) atoms. The highest BCUT2D eigenvalue weighted by Gasteiger charge is 2.37. The molecular formula is C10H21NO4S2. The Balaban J connectivity index is 2.87. The van der Waals surface area contributed by atoms with Crippen molar-refractivity contribution in [3.63, 3.8) is 0 Å². The summed E-state index contributed by atoms with van der Waals surface area (Å²) in [6.07, 6.45) is 3.82. The molecule has 0 bridgehead atoms. The maximum Gasteiger partial charge on any atom is 0.229 e. The molecule has 0 spiro atoms. The van der Waals surface area contributed by atoms with Crippen molar-refractivity contribution < 1.29 is 16.8 Å². The zero-order chi connectivity index (χ0) is 13.3. The van der Waals surface area contributed by atoms with Crippen LogP contribution in [-0.2, 0) is 20.0 Å². The SMILES string of the molecule is CC(C)(C)S(=O)(=O)NS(=O)(=O)C1CCCCC1. The molecule has 102 valence electrons. The van der Waals surface area contributed by atoms with Gasteiger partial charge < -0.3 is 0 Å². The Bertz CT molecular complexity index is 453. The van der Waals surface area contributed by atoms with Gasteiger partial charge in [-0.05, 0) is 33.6 Å². The minimum Gasteiger partial charge on any atom is -0.211 e. The summed E-state index contributed by atoms with van der Waals surface area (Å²) in [5, 5.41) is -0.562. The van der Waals surface area contributed by atoms with Crippen molar-refractivity contribution in [3.05, 3.63) is 0 Å². The fraction of sp³-hybridized carbons (Fsp3) is 1.00. The van der Waals surface area contributed by atoms with Gasteiger partial charge in [-0.2, -0.15) is 0 Å². The smallest absolute Gasteiger partial charge is 0.211 e. The first-order valence-corrected chi connectivity index (χ1v) is 8.86. The van der Waals surface area contributed by atoms with E-state index in [2.05, 4.69) is 0 Å². The van der Waals surface area contributed by atoms with Crippen LogP contribution in [0.15, 0.2) is 0 Å². The van der Waals surface area contributed by atoms with Crippen molar-refractivity contribution in [2.75, 3.05) is 0 Å². The van der Waals surface area contributed by atoms with Crippen LogP contribution in [0.5, 0.6) is 0 Å². The summed E-state index contributed by atoms with van der Waals surface area (Å²) in [5.74, 6) is 0. The number of hydrogen-bond acceptors (Lipinski definition) is 4. The van der Waals surface area contributed by atoms with E-state index in [1.807, 2.05) is 4.13 Å². The highest BCUT2D eigenvalue weighted by molar-refractivity contribution is 8.05. The van der Waals surface area contributed by atoms with Gasteiger partial charge >= 0.3 is 0 Å². The predicted octanol–water partition coefficient (Wildman–Crippen LogP) is 1.37. The van der Waals surface area contributed by atoms with Gasteiger partial charge in [0.15, 0.2) is 0 Å². The van der Waals surface area contributed by atoms with Crippen molar-refractivity contribution in [1.29, 1.82) is 0 Å². The lowest BCUT2D eigenvalue weighted by Gasteiger charge is -2.25. The molecule has 0 radical (unpaired) electrons. The van der Waals surface area contributed by atoms with Crippen LogP contribution in [0.25, 0.3) is 0 Å². The quantitative estimate of drug-likeness (QED) is 0.848. The van der Waals surface area contributed by atoms with E-state index in [0.717, 1.165) is 19.3 Å². The molecule has 0 aliphatic heterocycles. The molecule has 0 unspecified atom stereocenters. The number of hydrogen-bond donors (Lipinski definition) is 1. The normalized spacial score (nSPS) is 20.4. The van der Waals surface area contributed by atoms with Crippen LogP contribution >= 0.6 is 0 Å². The second kappa shape index (κ2) is 4.85. The van der Waals surface area contributed by atoms with E-state index in [0.29, 0.717) is 12.8 Å². The third kappa shape index (κ3) is 3.66. The summed E-state index contributed by atoms with van der Waals surface area (Å²) in [6.45, 7) is 4.43. The molecule has 1 aliphatic carbocycles. The zero-order valence-electron chi connectivity index (χ0n) is 10.6. The average molecular weight is 283 g/mol. The van der Waals surface area contributed by atoms with E-state index in [4.69, 9.17) is 0 Å². The number of sulfonamides is 2. The van der Waals surface area contributed by atoms with Crippen LogP contribution in [0.4, 0.5) is 0 Å². The molecule has 1 rings (SSSR count). The summed E-state index contributed by atoms with van der Waals surface area (Å²) in [6, 6.07) is 0. The first-order valence-electron chi connectivity index (χ1n) is 5.83. The van der Waals surface area contributed by atoms with Crippen LogP contribution in [0.1, 0.15) is 52.9 Å². The molecule has 0 aromatic carbocycles. The van der Waals surface area contributed by atoms with Crippen molar-refractivity contribution in [1.82, 2.24) is 4.13 Å². The molecule has 0 saturated heterocycles. The molecule has 7 heteroatoms. The van der Waals surface area contributed by atoms with Gasteiger partial charge in [-0.25, -0.2) is 16.8 Å². The van der Waals surface area contributed by atoms with Crippen molar-refractivity contribution in [2.45, 2.75) is 62.9 Å².